The quantitative estimate of drug-likeness (QED) is 0.789. The number of fused-ring (bicyclic) bond motifs is 1. The van der Waals surface area contributed by atoms with Crippen molar-refractivity contribution in [2.45, 2.75) is 46.1 Å². The lowest BCUT2D eigenvalue weighted by Crippen LogP contribution is -2.44. The molecule has 2 heterocycles. The lowest BCUT2D eigenvalue weighted by molar-refractivity contribution is -0.135. The van der Waals surface area contributed by atoms with Crippen LogP contribution < -0.4 is 15.9 Å². The summed E-state index contributed by atoms with van der Waals surface area (Å²) in [7, 11) is 1.72. The largest absolute Gasteiger partial charge is 0.372 e. The van der Waals surface area contributed by atoms with Crippen LogP contribution in [-0.4, -0.2) is 34.0 Å². The third-order valence-electron chi connectivity index (χ3n) is 5.32. The van der Waals surface area contributed by atoms with E-state index in [1.54, 1.807) is 11.6 Å². The van der Waals surface area contributed by atoms with Gasteiger partial charge in [0.2, 0.25) is 11.8 Å². The monoisotopic (exact) mass is 372 g/mol. The molecule has 1 fully saturated rings. The van der Waals surface area contributed by atoms with Gasteiger partial charge < -0.3 is 4.90 Å². The molecule has 7 nitrogen and oxygen atoms in total. The van der Waals surface area contributed by atoms with Crippen molar-refractivity contribution in [1.82, 2.24) is 14.5 Å². The number of hydrogen-bond acceptors (Lipinski definition) is 4. The minimum Gasteiger partial charge on any atom is -0.372 e. The normalized spacial score (nSPS) is 17.6. The summed E-state index contributed by atoms with van der Waals surface area (Å²) in [6.45, 7) is 8.39. The lowest BCUT2D eigenvalue weighted by Gasteiger charge is -2.24. The maximum absolute atomic E-state index is 12.8. The predicted octanol–water partition coefficient (Wildman–Crippen LogP) is 2.19. The van der Waals surface area contributed by atoms with E-state index in [4.69, 9.17) is 0 Å². The molecular formula is C20H28N4O3. The summed E-state index contributed by atoms with van der Waals surface area (Å²) in [4.78, 5) is 38.8. The predicted molar refractivity (Wildman–Crippen MR) is 106 cm³/mol. The fourth-order valence-corrected chi connectivity index (χ4v) is 3.66. The lowest BCUT2D eigenvalue weighted by atomic mass is 10.1. The van der Waals surface area contributed by atoms with E-state index in [1.165, 1.54) is 4.57 Å². The highest BCUT2D eigenvalue weighted by Gasteiger charge is 2.31. The highest BCUT2D eigenvalue weighted by molar-refractivity contribution is 6.00. The Hall–Kier alpha value is -2.57. The Morgan fingerprint density at radius 3 is 2.59 bits per heavy atom. The number of aryl methyl sites for hydroxylation is 1. The Kier molecular flexibility index (Phi) is 5.39. The molecule has 1 aliphatic heterocycles. The first-order valence-electron chi connectivity index (χ1n) is 9.63. The third kappa shape index (κ3) is 3.63. The molecule has 0 saturated carbocycles. The number of imide groups is 1. The maximum atomic E-state index is 12.8. The second-order valence-corrected chi connectivity index (χ2v) is 7.61. The van der Waals surface area contributed by atoms with Crippen LogP contribution in [-0.2, 0) is 16.6 Å². The van der Waals surface area contributed by atoms with E-state index in [1.807, 2.05) is 18.2 Å². The van der Waals surface area contributed by atoms with Crippen molar-refractivity contribution in [2.75, 3.05) is 18.0 Å². The zero-order chi connectivity index (χ0) is 19.7. The van der Waals surface area contributed by atoms with Crippen LogP contribution in [0, 0.1) is 5.92 Å². The van der Waals surface area contributed by atoms with Gasteiger partial charge in [0.25, 0.3) is 0 Å². The number of rotatable bonds is 6. The number of nitrogens with one attached hydrogen (secondary N) is 1. The van der Waals surface area contributed by atoms with Gasteiger partial charge in [-0.05, 0) is 43.9 Å². The summed E-state index contributed by atoms with van der Waals surface area (Å²) < 4.78 is 3.10. The van der Waals surface area contributed by atoms with Crippen LogP contribution in [0.4, 0.5) is 5.69 Å². The molecule has 0 aliphatic carbocycles. The minimum atomic E-state index is -0.645. The summed E-state index contributed by atoms with van der Waals surface area (Å²) in [5.74, 6) is -0.0617. The summed E-state index contributed by atoms with van der Waals surface area (Å²) in [6, 6.07) is 5.29. The average Bonchev–Trinajstić information content (AvgIpc) is 2.87. The highest BCUT2D eigenvalue weighted by atomic mass is 16.2. The second kappa shape index (κ2) is 7.58. The Bertz CT molecular complexity index is 925. The zero-order valence-corrected chi connectivity index (χ0v) is 16.5. The average molecular weight is 372 g/mol. The van der Waals surface area contributed by atoms with Gasteiger partial charge in [0, 0.05) is 32.2 Å². The van der Waals surface area contributed by atoms with Gasteiger partial charge >= 0.3 is 5.69 Å². The van der Waals surface area contributed by atoms with Crippen LogP contribution in [0.15, 0.2) is 23.0 Å². The third-order valence-corrected chi connectivity index (χ3v) is 5.32. The van der Waals surface area contributed by atoms with Crippen LogP contribution in [0.1, 0.15) is 46.1 Å². The molecule has 0 spiro atoms. The van der Waals surface area contributed by atoms with Gasteiger partial charge in [-0.2, -0.15) is 0 Å². The Morgan fingerprint density at radius 2 is 1.96 bits per heavy atom. The first-order valence-corrected chi connectivity index (χ1v) is 9.63. The van der Waals surface area contributed by atoms with Crippen LogP contribution in [0.3, 0.4) is 0 Å². The van der Waals surface area contributed by atoms with Gasteiger partial charge in [-0.15, -0.1) is 0 Å². The highest BCUT2D eigenvalue weighted by Crippen LogP contribution is 2.26. The fourth-order valence-electron chi connectivity index (χ4n) is 3.66. The molecule has 3 rings (SSSR count). The summed E-state index contributed by atoms with van der Waals surface area (Å²) in [6.07, 6.45) is 1.69. The number of aromatic nitrogens is 2. The molecule has 0 radical (unpaired) electrons. The van der Waals surface area contributed by atoms with Gasteiger partial charge in [0.15, 0.2) is 0 Å². The van der Waals surface area contributed by atoms with Gasteiger partial charge in [-0.3, -0.25) is 24.0 Å². The van der Waals surface area contributed by atoms with Crippen LogP contribution >= 0.6 is 0 Å². The van der Waals surface area contributed by atoms with Gasteiger partial charge in [-0.1, -0.05) is 13.8 Å². The summed E-state index contributed by atoms with van der Waals surface area (Å²) in [5.41, 5.74) is 2.36. The molecule has 1 atom stereocenters. The molecule has 2 amide bonds. The van der Waals surface area contributed by atoms with E-state index >= 15 is 0 Å². The molecule has 27 heavy (non-hydrogen) atoms. The van der Waals surface area contributed by atoms with Crippen LogP contribution in [0.5, 0.6) is 0 Å². The number of imidazole rings is 1. The van der Waals surface area contributed by atoms with Gasteiger partial charge in [0.1, 0.15) is 6.04 Å². The molecule has 1 saturated heterocycles. The van der Waals surface area contributed by atoms with E-state index in [9.17, 15) is 14.4 Å². The number of carbonyl (C=O) groups excluding carboxylic acids is 2. The Morgan fingerprint density at radius 1 is 1.22 bits per heavy atom. The molecular weight excluding hydrogens is 344 g/mol. The van der Waals surface area contributed by atoms with E-state index < -0.39 is 11.9 Å². The molecule has 2 aromatic rings. The molecule has 1 N–H and O–H groups in total. The number of anilines is 1. The number of carbonyl (C=O) groups is 2. The fraction of sp³-hybridized carbons (Fsp3) is 0.550. The van der Waals surface area contributed by atoms with E-state index in [-0.39, 0.29) is 18.0 Å². The Balaban J connectivity index is 2.01. The summed E-state index contributed by atoms with van der Waals surface area (Å²) in [5, 5.41) is 2.34. The zero-order valence-electron chi connectivity index (χ0n) is 16.5. The molecule has 1 aliphatic rings. The molecule has 146 valence electrons. The molecule has 1 aromatic heterocycles. The number of amides is 2. The first kappa shape index (κ1) is 19.2. The Labute approximate surface area is 158 Å². The molecule has 1 aromatic carbocycles. The topological polar surface area (TPSA) is 76.3 Å². The van der Waals surface area contributed by atoms with Crippen molar-refractivity contribution in [2.24, 2.45) is 13.0 Å². The van der Waals surface area contributed by atoms with Crippen molar-refractivity contribution in [3.05, 3.63) is 28.7 Å². The molecule has 0 bridgehead atoms. The van der Waals surface area contributed by atoms with Crippen LogP contribution in [0.2, 0.25) is 0 Å². The van der Waals surface area contributed by atoms with Crippen molar-refractivity contribution < 1.29 is 9.59 Å². The van der Waals surface area contributed by atoms with Crippen molar-refractivity contribution in [3.8, 4) is 0 Å². The standard InChI is InChI=1S/C20H28N4O3/c1-5-23(11-10-13(2)3)14-6-7-15-17(12-14)22(4)20(27)24(15)16-8-9-18(25)21-19(16)26/h6-7,12-13,16H,5,8-11H2,1-4H3,(H,21,25,26). The minimum absolute atomic E-state index is 0.234. The van der Waals surface area contributed by atoms with E-state index in [0.717, 1.165) is 36.2 Å². The maximum Gasteiger partial charge on any atom is 0.329 e. The number of nitrogens with zero attached hydrogens (tertiary/aromatic N) is 3. The van der Waals surface area contributed by atoms with Crippen molar-refractivity contribution in [3.63, 3.8) is 0 Å². The van der Waals surface area contributed by atoms with Crippen molar-refractivity contribution >= 4 is 28.5 Å². The molecule has 1 unspecified atom stereocenters. The van der Waals surface area contributed by atoms with Gasteiger partial charge in [-0.25, -0.2) is 4.79 Å². The van der Waals surface area contributed by atoms with Crippen LogP contribution in [0.25, 0.3) is 11.0 Å². The molecule has 7 heteroatoms. The number of hydrogen-bond donors (Lipinski definition) is 1. The SMILES string of the molecule is CCN(CCC(C)C)c1ccc2c(c1)n(C)c(=O)n2C1CCC(=O)NC1=O. The number of benzene rings is 1. The first-order chi connectivity index (χ1) is 12.8. The summed E-state index contributed by atoms with van der Waals surface area (Å²) >= 11 is 0. The van der Waals surface area contributed by atoms with E-state index in [2.05, 4.69) is 31.0 Å². The number of piperidine rings is 1. The van der Waals surface area contributed by atoms with Crippen molar-refractivity contribution in [1.29, 1.82) is 0 Å². The second-order valence-electron chi connectivity index (χ2n) is 7.61. The van der Waals surface area contributed by atoms with Gasteiger partial charge in [0.05, 0.1) is 11.0 Å². The van der Waals surface area contributed by atoms with E-state index in [0.29, 0.717) is 12.3 Å². The smallest absolute Gasteiger partial charge is 0.329 e.